The van der Waals surface area contributed by atoms with Crippen molar-refractivity contribution < 1.29 is 29.9 Å². The van der Waals surface area contributed by atoms with Gasteiger partial charge in [0, 0.05) is 24.0 Å². The van der Waals surface area contributed by atoms with Gasteiger partial charge in [-0.2, -0.15) is 0 Å². The summed E-state index contributed by atoms with van der Waals surface area (Å²) in [5.74, 6) is -0.487. The molecule has 6 heteroatoms. The first-order valence-electron chi connectivity index (χ1n) is 11.9. The Morgan fingerprint density at radius 3 is 1.25 bits per heavy atom. The molecule has 0 aliphatic heterocycles. The van der Waals surface area contributed by atoms with Gasteiger partial charge in [-0.25, -0.2) is 9.78 Å². The summed E-state index contributed by atoms with van der Waals surface area (Å²) in [4.78, 5) is 37.0. The second kappa shape index (κ2) is 10.8. The maximum Gasteiger partial charge on any atom is 0.166 e. The molecule has 0 radical (unpaired) electrons. The Balaban J connectivity index is 2.04. The zero-order chi connectivity index (χ0) is 26.7. The summed E-state index contributed by atoms with van der Waals surface area (Å²) in [7, 11) is 0. The molecule has 0 heterocycles. The first-order chi connectivity index (χ1) is 17.0. The summed E-state index contributed by atoms with van der Waals surface area (Å²) < 4.78 is 0. The van der Waals surface area contributed by atoms with E-state index in [9.17, 15) is 20.1 Å². The van der Waals surface area contributed by atoms with Crippen molar-refractivity contribution in [3.05, 3.63) is 105 Å². The molecule has 2 N–H and O–H groups in total. The Bertz CT molecular complexity index is 1160. The average molecular weight is 491 g/mol. The van der Waals surface area contributed by atoms with Gasteiger partial charge in [0.25, 0.3) is 0 Å². The van der Waals surface area contributed by atoms with Crippen LogP contribution in [-0.2, 0) is 21.0 Å². The van der Waals surface area contributed by atoms with E-state index in [1.165, 1.54) is 0 Å². The van der Waals surface area contributed by atoms with Crippen LogP contribution in [-0.4, -0.2) is 22.1 Å². The lowest BCUT2D eigenvalue weighted by Crippen LogP contribution is -2.30. The summed E-state index contributed by atoms with van der Waals surface area (Å²) in [6, 6.07) is 18.1. The molecule has 3 rings (SSSR count). The highest BCUT2D eigenvalue weighted by Crippen LogP contribution is 2.36. The minimum absolute atomic E-state index is 0.118. The quantitative estimate of drug-likeness (QED) is 0.183. The molecular weight excluding hydrogens is 456 g/mol. The first-order valence-corrected chi connectivity index (χ1v) is 11.9. The van der Waals surface area contributed by atoms with Crippen LogP contribution in [0.25, 0.3) is 0 Å². The van der Waals surface area contributed by atoms with Crippen LogP contribution < -0.4 is 0 Å². The number of carbonyl (C=O) groups is 2. The number of ketones is 2. The summed E-state index contributed by atoms with van der Waals surface area (Å²) in [5.41, 5.74) is 2.66. The van der Waals surface area contributed by atoms with Gasteiger partial charge in [0.2, 0.25) is 0 Å². The lowest BCUT2D eigenvalue weighted by Gasteiger charge is -2.28. The van der Waals surface area contributed by atoms with Crippen LogP contribution in [0.1, 0.15) is 80.8 Å². The maximum atomic E-state index is 13.7. The number of hydrogen-bond acceptors (Lipinski definition) is 6. The third-order valence-corrected chi connectivity index (χ3v) is 7.35. The highest BCUT2D eigenvalue weighted by molar-refractivity contribution is 6.06. The molecule has 3 aromatic carbocycles. The molecule has 6 nitrogen and oxygen atoms in total. The molecule has 0 saturated carbocycles. The van der Waals surface area contributed by atoms with E-state index >= 15 is 0 Å². The molecular formula is C30H34O6. The predicted molar refractivity (Wildman–Crippen MR) is 138 cm³/mol. The fraction of sp³-hybridized carbons (Fsp3) is 0.333. The molecule has 3 aromatic rings. The van der Waals surface area contributed by atoms with Gasteiger partial charge in [-0.3, -0.25) is 20.1 Å². The Labute approximate surface area is 212 Å². The molecule has 0 bridgehead atoms. The molecule has 0 aliphatic rings. The molecule has 0 fully saturated rings. The second-order valence-electron chi connectivity index (χ2n) is 9.83. The van der Waals surface area contributed by atoms with E-state index in [2.05, 4.69) is 0 Å². The van der Waals surface area contributed by atoms with Gasteiger partial charge >= 0.3 is 0 Å². The Hall–Kier alpha value is -3.16. The molecule has 2 unspecified atom stereocenters. The Morgan fingerprint density at radius 2 is 0.944 bits per heavy atom. The van der Waals surface area contributed by atoms with Crippen molar-refractivity contribution in [2.45, 2.75) is 65.6 Å². The van der Waals surface area contributed by atoms with Gasteiger partial charge in [0.05, 0.1) is 0 Å². The van der Waals surface area contributed by atoms with E-state index in [1.807, 2.05) is 57.2 Å². The van der Waals surface area contributed by atoms with Crippen LogP contribution in [0.5, 0.6) is 0 Å². The molecule has 36 heavy (non-hydrogen) atoms. The van der Waals surface area contributed by atoms with E-state index < -0.39 is 11.2 Å². The SMILES string of the molecule is Cc1c(C)c(C(=O)CC(C)(OO)c2ccccc2)c(C)c(C(=O)CC(C)(OO)c2ccccc2)c1C. The number of benzene rings is 3. The van der Waals surface area contributed by atoms with Crippen LogP contribution in [0.4, 0.5) is 0 Å². The highest BCUT2D eigenvalue weighted by Gasteiger charge is 2.36. The summed E-state index contributed by atoms with van der Waals surface area (Å²) in [6.07, 6.45) is -0.236. The number of Topliss-reactive ketones (excluding diaryl/α,β-unsaturated/α-hetero) is 2. The molecule has 2 atom stereocenters. The van der Waals surface area contributed by atoms with Crippen molar-refractivity contribution in [1.82, 2.24) is 0 Å². The molecule has 0 saturated heterocycles. The number of carbonyl (C=O) groups excluding carboxylic acids is 2. The predicted octanol–water partition coefficient (Wildman–Crippen LogP) is 6.88. The zero-order valence-corrected chi connectivity index (χ0v) is 21.7. The third kappa shape index (κ3) is 5.18. The summed E-state index contributed by atoms with van der Waals surface area (Å²) >= 11 is 0. The molecule has 0 spiro atoms. The van der Waals surface area contributed by atoms with Gasteiger partial charge in [-0.1, -0.05) is 60.7 Å². The number of rotatable bonds is 10. The first kappa shape index (κ1) is 27.4. The fourth-order valence-corrected chi connectivity index (χ4v) is 4.93. The van der Waals surface area contributed by atoms with Crippen molar-refractivity contribution in [3.63, 3.8) is 0 Å². The smallest absolute Gasteiger partial charge is 0.166 e. The van der Waals surface area contributed by atoms with Gasteiger partial charge in [-0.15, -0.1) is 0 Å². The van der Waals surface area contributed by atoms with Crippen LogP contribution in [0.3, 0.4) is 0 Å². The van der Waals surface area contributed by atoms with Gasteiger partial charge < -0.3 is 0 Å². The van der Waals surface area contributed by atoms with E-state index in [-0.39, 0.29) is 24.4 Å². The van der Waals surface area contributed by atoms with Gasteiger partial charge in [0.15, 0.2) is 11.6 Å². The standard InChI is InChI=1S/C30H34O6/c1-19-20(2)27(25(31)17-29(5,35-33)23-13-9-7-10-14-23)22(4)28(21(19)3)26(32)18-30(6,36-34)24-15-11-8-12-16-24/h7-16,33-34H,17-18H2,1-6H3. The van der Waals surface area contributed by atoms with Crippen molar-refractivity contribution >= 4 is 11.6 Å². The highest BCUT2D eigenvalue weighted by atomic mass is 17.1. The normalized spacial score (nSPS) is 14.7. The second-order valence-corrected chi connectivity index (χ2v) is 9.83. The minimum Gasteiger partial charge on any atom is -0.294 e. The van der Waals surface area contributed by atoms with Crippen LogP contribution in [0, 0.1) is 27.7 Å². The third-order valence-electron chi connectivity index (χ3n) is 7.35. The maximum absolute atomic E-state index is 13.7. The molecule has 0 aromatic heterocycles. The zero-order valence-electron chi connectivity index (χ0n) is 21.7. The monoisotopic (exact) mass is 490 g/mol. The van der Waals surface area contributed by atoms with Crippen molar-refractivity contribution in [2.75, 3.05) is 0 Å². The Kier molecular flexibility index (Phi) is 8.26. The minimum atomic E-state index is -1.25. The van der Waals surface area contributed by atoms with E-state index in [0.717, 1.165) is 16.7 Å². The van der Waals surface area contributed by atoms with E-state index in [4.69, 9.17) is 9.78 Å². The number of hydrogen-bond donors (Lipinski definition) is 2. The van der Waals surface area contributed by atoms with Crippen molar-refractivity contribution in [1.29, 1.82) is 0 Å². The fourth-order valence-electron chi connectivity index (χ4n) is 4.93. The average Bonchev–Trinajstić information content (AvgIpc) is 2.88. The van der Waals surface area contributed by atoms with Crippen LogP contribution in [0.15, 0.2) is 60.7 Å². The topological polar surface area (TPSA) is 93.1 Å². The van der Waals surface area contributed by atoms with Crippen molar-refractivity contribution in [2.24, 2.45) is 0 Å². The lowest BCUT2D eigenvalue weighted by atomic mass is 9.80. The summed E-state index contributed by atoms with van der Waals surface area (Å²) in [6.45, 7) is 10.7. The van der Waals surface area contributed by atoms with Crippen LogP contribution in [0.2, 0.25) is 0 Å². The Morgan fingerprint density at radius 1 is 0.611 bits per heavy atom. The van der Waals surface area contributed by atoms with Crippen LogP contribution >= 0.6 is 0 Å². The molecule has 0 amide bonds. The van der Waals surface area contributed by atoms with Gasteiger partial charge in [0.1, 0.15) is 11.2 Å². The molecule has 0 aliphatic carbocycles. The molecule has 190 valence electrons. The van der Waals surface area contributed by atoms with E-state index in [1.54, 1.807) is 45.0 Å². The summed E-state index contributed by atoms with van der Waals surface area (Å²) in [5, 5.41) is 19.5. The van der Waals surface area contributed by atoms with Gasteiger partial charge in [-0.05, 0) is 74.9 Å². The largest absolute Gasteiger partial charge is 0.294 e. The van der Waals surface area contributed by atoms with Crippen molar-refractivity contribution in [3.8, 4) is 0 Å². The van der Waals surface area contributed by atoms with E-state index in [0.29, 0.717) is 27.8 Å². The lowest BCUT2D eigenvalue weighted by molar-refractivity contribution is -0.322.